The van der Waals surface area contributed by atoms with Crippen molar-refractivity contribution in [3.63, 3.8) is 0 Å². The molecular formula is H8AlBaLaNaPbZr. The smallest absolute Gasteiger partial charge is 0 e. The summed E-state index contributed by atoms with van der Waals surface area (Å²) in [5.41, 5.74) is 0. The zero-order valence-corrected chi connectivity index (χ0v) is 13.4. The van der Waals surface area contributed by atoms with E-state index in [1.165, 1.54) is 0 Å². The summed E-state index contributed by atoms with van der Waals surface area (Å²) in [5.74, 6) is 0. The molecule has 0 aliphatic rings. The van der Waals surface area contributed by atoms with Crippen molar-refractivity contribution in [2.75, 3.05) is 0 Å². The summed E-state index contributed by atoms with van der Waals surface area (Å²) in [7, 11) is 0. The normalized spacial score (nSPS) is 0. The van der Waals surface area contributed by atoms with Crippen molar-refractivity contribution in [2.24, 2.45) is 0 Å². The van der Waals surface area contributed by atoms with Crippen molar-refractivity contribution in [3.8, 4) is 0 Å². The van der Waals surface area contributed by atoms with Crippen LogP contribution in [0.25, 0.3) is 0 Å². The minimum atomic E-state index is 0. The molecule has 6 heteroatoms. The van der Waals surface area contributed by atoms with Crippen LogP contribution in [0.5, 0.6) is 0 Å². The van der Waals surface area contributed by atoms with Crippen molar-refractivity contribution in [2.45, 2.75) is 0 Å². The fourth-order valence-corrected chi connectivity index (χ4v) is 0. The van der Waals surface area contributed by atoms with Crippen LogP contribution in [-0.2, 0) is 26.2 Å². The van der Waals surface area contributed by atoms with Crippen molar-refractivity contribution < 1.29 is 61.8 Å². The third-order valence-electron chi connectivity index (χ3n) is 0. The number of rotatable bonds is 0. The fourth-order valence-electron chi connectivity index (χ4n) is 0. The zero-order valence-electron chi connectivity index (χ0n) is 1.78. The molecule has 0 aliphatic heterocycles. The number of hydrogen-bond donors (Lipinski definition) is 0. The minimum absolute atomic E-state index is 0. The molecule has 0 amide bonds. The van der Waals surface area contributed by atoms with Gasteiger partial charge in [0.15, 0.2) is 17.4 Å². The molecule has 0 bridgehead atoms. The first-order valence-electron chi connectivity index (χ1n) is 0. The Morgan fingerprint density at radius 3 is 1.00 bits per heavy atom. The fraction of sp³-hybridized carbons (Fsp3) is 0. The van der Waals surface area contributed by atoms with Gasteiger partial charge in [0.1, 0.15) is 0 Å². The van der Waals surface area contributed by atoms with Gasteiger partial charge in [-0.1, -0.05) is 0 Å². The molecule has 0 nitrogen and oxygen atoms in total. The molecule has 0 fully saturated rings. The molecule has 0 saturated carbocycles. The van der Waals surface area contributed by atoms with E-state index in [0.717, 1.165) is 0 Å². The van der Waals surface area contributed by atoms with Crippen molar-refractivity contribution in [1.29, 1.82) is 0 Å². The Bertz CT molecular complexity index is 15.5. The van der Waals surface area contributed by atoms with E-state index in [2.05, 4.69) is 0 Å². The van der Waals surface area contributed by atoms with Crippen LogP contribution in [0.4, 0.5) is 0 Å². The van der Waals surface area contributed by atoms with E-state index in [0.29, 0.717) is 0 Å². The Morgan fingerprint density at radius 2 is 1.00 bits per heavy atom. The largest absolute Gasteiger partial charge is 0 e. The summed E-state index contributed by atoms with van der Waals surface area (Å²) >= 11 is 0. The van der Waals surface area contributed by atoms with Crippen LogP contribution in [0, 0.1) is 35.6 Å². The van der Waals surface area contributed by atoms with Gasteiger partial charge in [-0.2, -0.15) is 0 Å². The van der Waals surface area contributed by atoms with E-state index >= 15 is 0 Å². The summed E-state index contributed by atoms with van der Waals surface area (Å²) in [6, 6.07) is 0. The SMILES string of the molecule is [AlH3].[BaH2].[La].[NaH].[PbH2].[Zr]. The van der Waals surface area contributed by atoms with E-state index in [9.17, 15) is 0 Å². The molecule has 25 valence electrons. The summed E-state index contributed by atoms with van der Waals surface area (Å²) in [4.78, 5) is 0. The quantitative estimate of drug-likeness (QED) is 0.242. The molecule has 0 N–H and O–H groups in total. The van der Waals surface area contributed by atoms with Crippen LogP contribution in [-0.4, -0.2) is 123 Å². The van der Waals surface area contributed by atoms with E-state index < -0.39 is 0 Å². The summed E-state index contributed by atoms with van der Waals surface area (Å²) in [5, 5.41) is 0. The Kier molecular flexibility index (Phi) is 203. The maximum atomic E-state index is 0. The molecular weight excluding hydrogens is 625 g/mol. The van der Waals surface area contributed by atoms with Gasteiger partial charge in [0, 0.05) is 61.8 Å². The topological polar surface area (TPSA) is 0 Å². The first-order chi connectivity index (χ1) is 0. The van der Waals surface area contributed by atoms with E-state index in [1.54, 1.807) is 0 Å². The predicted molar refractivity (Wildman–Crippen MR) is 34.2 cm³/mol. The van der Waals surface area contributed by atoms with Crippen LogP contribution in [0.1, 0.15) is 0 Å². The first kappa shape index (κ1) is 40.1. The molecule has 0 unspecified atom stereocenters. The van der Waals surface area contributed by atoms with Gasteiger partial charge in [-0.05, 0) is 0 Å². The second-order valence-electron chi connectivity index (χ2n) is 0. The molecule has 0 aliphatic carbocycles. The van der Waals surface area contributed by atoms with Crippen LogP contribution in [0.2, 0.25) is 0 Å². The first-order valence-corrected chi connectivity index (χ1v) is 0. The van der Waals surface area contributed by atoms with Crippen LogP contribution < -0.4 is 0 Å². The van der Waals surface area contributed by atoms with Crippen molar-refractivity contribution in [3.05, 3.63) is 0 Å². The minimum Gasteiger partial charge on any atom is 0 e. The summed E-state index contributed by atoms with van der Waals surface area (Å²) < 4.78 is 0. The van der Waals surface area contributed by atoms with Gasteiger partial charge < -0.3 is 0 Å². The van der Waals surface area contributed by atoms with Crippen LogP contribution in [0.3, 0.4) is 0 Å². The Balaban J connectivity index is 0. The molecule has 0 saturated heterocycles. The standard InChI is InChI=1S/Al.Ba.La.Na.Pb.Zr.8H. The number of hydrogen-bond acceptors (Lipinski definition) is 0. The summed E-state index contributed by atoms with van der Waals surface area (Å²) in [6.07, 6.45) is 0. The maximum Gasteiger partial charge on any atom is 0 e. The molecule has 6 heavy (non-hydrogen) atoms. The van der Waals surface area contributed by atoms with Gasteiger partial charge in [0.25, 0.3) is 0 Å². The van der Waals surface area contributed by atoms with Gasteiger partial charge >= 0.3 is 106 Å². The van der Waals surface area contributed by atoms with Gasteiger partial charge in [-0.3, -0.25) is 0 Å². The zero-order chi connectivity index (χ0) is 0. The van der Waals surface area contributed by atoms with Crippen molar-refractivity contribution >= 4 is 123 Å². The van der Waals surface area contributed by atoms with E-state index in [-0.39, 0.29) is 185 Å². The average molecular weight is 633 g/mol. The Hall–Kier alpha value is 6.10. The van der Waals surface area contributed by atoms with Gasteiger partial charge in [0.2, 0.25) is 0 Å². The summed E-state index contributed by atoms with van der Waals surface area (Å²) in [6.45, 7) is 0. The molecule has 0 aromatic rings. The molecule has 0 rings (SSSR count). The Labute approximate surface area is 179 Å². The van der Waals surface area contributed by atoms with Gasteiger partial charge in [0.05, 0.1) is 0 Å². The monoisotopic (exact) mass is 633 g/mol. The van der Waals surface area contributed by atoms with E-state index in [1.807, 2.05) is 0 Å². The third kappa shape index (κ3) is 22.5. The molecule has 0 aromatic carbocycles. The second kappa shape index (κ2) is 30.4. The molecule has 0 spiro atoms. The van der Waals surface area contributed by atoms with Crippen LogP contribution in [0.15, 0.2) is 0 Å². The third-order valence-corrected chi connectivity index (χ3v) is 0. The second-order valence-corrected chi connectivity index (χ2v) is 0. The average Bonchev–Trinajstić information content (AvgIpc) is 0. The molecule has 3 radical (unpaired) electrons. The molecule has 0 aromatic heterocycles. The van der Waals surface area contributed by atoms with Crippen molar-refractivity contribution in [1.82, 2.24) is 0 Å². The van der Waals surface area contributed by atoms with Gasteiger partial charge in [-0.25, -0.2) is 0 Å². The Morgan fingerprint density at radius 1 is 1.00 bits per heavy atom. The van der Waals surface area contributed by atoms with Crippen LogP contribution >= 0.6 is 0 Å². The molecule has 0 heterocycles. The maximum absolute atomic E-state index is 0. The van der Waals surface area contributed by atoms with Gasteiger partial charge in [-0.15, -0.1) is 0 Å². The molecule has 0 atom stereocenters. The van der Waals surface area contributed by atoms with E-state index in [4.69, 9.17) is 0 Å². The predicted octanol–water partition coefficient (Wildman–Crippen LogP) is -3.67.